The van der Waals surface area contributed by atoms with Gasteiger partial charge in [0.2, 0.25) is 0 Å². The van der Waals surface area contributed by atoms with Crippen molar-refractivity contribution in [3.63, 3.8) is 0 Å². The van der Waals surface area contributed by atoms with E-state index in [-0.39, 0.29) is 0 Å². The lowest BCUT2D eigenvalue weighted by molar-refractivity contribution is 0.669. The molecule has 9 rings (SSSR count). The number of allylic oxidation sites excluding steroid dienone is 4. The fraction of sp³-hybridized carbons (Fsp3) is 0.0476. The Morgan fingerprint density at radius 3 is 1.72 bits per heavy atom. The van der Waals surface area contributed by atoms with Crippen molar-refractivity contribution in [2.24, 2.45) is 0 Å². The van der Waals surface area contributed by atoms with Gasteiger partial charge >= 0.3 is 0 Å². The lowest BCUT2D eigenvalue weighted by Gasteiger charge is -2.20. The molecule has 0 saturated carbocycles. The van der Waals surface area contributed by atoms with Crippen LogP contribution in [0.2, 0.25) is 0 Å². The lowest BCUT2D eigenvalue weighted by Crippen LogP contribution is -1.94. The Morgan fingerprint density at radius 2 is 1.02 bits per heavy atom. The Balaban J connectivity index is 1.68. The molecule has 0 radical (unpaired) electrons. The number of hydrogen-bond acceptors (Lipinski definition) is 1. The van der Waals surface area contributed by atoms with E-state index in [1.807, 2.05) is 0 Å². The van der Waals surface area contributed by atoms with Crippen LogP contribution in [0, 0.1) is 0 Å². The number of para-hydroxylation sites is 1. The van der Waals surface area contributed by atoms with E-state index in [0.29, 0.717) is 0 Å². The zero-order chi connectivity index (χ0) is 51.0. The molecule has 8 aromatic rings. The summed E-state index contributed by atoms with van der Waals surface area (Å²) in [6.07, 6.45) is -3.78. The van der Waals surface area contributed by atoms with E-state index in [4.69, 9.17) is 27.7 Å². The van der Waals surface area contributed by atoms with Gasteiger partial charge in [0.05, 0.1) is 32.9 Å². The fourth-order valence-corrected chi connectivity index (χ4v) is 5.46. The van der Waals surface area contributed by atoms with Gasteiger partial charge in [0.15, 0.2) is 0 Å². The summed E-state index contributed by atoms with van der Waals surface area (Å²) in [6, 6.07) is -22.0. The molecule has 202 valence electrons. The van der Waals surface area contributed by atoms with E-state index in [1.54, 1.807) is 0 Å². The summed E-state index contributed by atoms with van der Waals surface area (Å²) >= 11 is 0. The number of fused-ring (bicyclic) bond motifs is 6. The van der Waals surface area contributed by atoms with Gasteiger partial charge in [-0.15, -0.1) is 0 Å². The van der Waals surface area contributed by atoms with Crippen molar-refractivity contribution >= 4 is 59.8 Å². The van der Waals surface area contributed by atoms with Crippen LogP contribution in [0.25, 0.3) is 82.1 Å². The zero-order valence-corrected chi connectivity index (χ0v) is 21.6. The number of furan rings is 1. The van der Waals surface area contributed by atoms with E-state index in [9.17, 15) is 12.3 Å². The van der Waals surface area contributed by atoms with Gasteiger partial charge in [-0.25, -0.2) is 0 Å². The molecule has 0 spiro atoms. The van der Waals surface area contributed by atoms with E-state index in [1.165, 1.54) is 0 Å². The SMILES string of the molecule is [2H]C1=C([2H])C([2H])C([2H])C(c2c([2H])c([2H])c(-c3c4c([2H])c([2H])c([2H])c([2H])c4c(-c4c([2H])c([2H])c([2H])c5oc6c([2H])c([2H])c([2H])c([2H])c6c45)c4c([2H])c([2H])c([2H])c([2H])c34)c3c([2H])c([2H])c([2H])c([2H])c23)=C1[2H]. The molecular weight excluding hydrogens is 520 g/mol. The monoisotopic (exact) mass is 574 g/mol. The standard InChI is InChI=1S/C42H28O/c1-2-13-27(14-3-1)28-25-26-35(30-16-5-4-15-29(28)30)40-31-17-6-8-19-33(31)41(34-20-9-7-18-32(34)40)37-22-12-24-39-42(37)36-21-10-11-23-38(36)43-39/h1-2,4-13,15-26H,3,14H2/i1D,2D,3D,4D,5D,6D,7D,8D,9D,10D,11D,12D,13D,14D,15D,16D,17D,18D,19D,20D,21D,22D,23D,24D,25D,26D. The van der Waals surface area contributed by atoms with Crippen molar-refractivity contribution in [2.75, 3.05) is 0 Å². The molecule has 7 aromatic carbocycles. The van der Waals surface area contributed by atoms with Crippen molar-refractivity contribution in [2.45, 2.75) is 12.8 Å². The highest BCUT2D eigenvalue weighted by Gasteiger charge is 2.21. The van der Waals surface area contributed by atoms with Gasteiger partial charge < -0.3 is 4.42 Å². The predicted molar refractivity (Wildman–Crippen MR) is 183 cm³/mol. The van der Waals surface area contributed by atoms with E-state index in [2.05, 4.69) is 0 Å². The molecule has 1 aliphatic carbocycles. The molecule has 0 N–H and O–H groups in total. The Morgan fingerprint density at radius 1 is 0.488 bits per heavy atom. The lowest BCUT2D eigenvalue weighted by atomic mass is 9.82. The summed E-state index contributed by atoms with van der Waals surface area (Å²) in [6.45, 7) is 0. The third-order valence-corrected chi connectivity index (χ3v) is 7.19. The Labute approximate surface area is 286 Å². The summed E-state index contributed by atoms with van der Waals surface area (Å²) in [4.78, 5) is 0. The Bertz CT molecular complexity index is 3790. The molecule has 1 aliphatic rings. The maximum Gasteiger partial charge on any atom is 0.136 e. The van der Waals surface area contributed by atoms with E-state index < -0.39 is 245 Å². The van der Waals surface area contributed by atoms with Gasteiger partial charge in [0.1, 0.15) is 11.2 Å². The minimum absolute atomic E-state index is 0.471. The zero-order valence-electron chi connectivity index (χ0n) is 47.6. The fourth-order valence-electron chi connectivity index (χ4n) is 5.46. The molecule has 43 heavy (non-hydrogen) atoms. The molecule has 2 atom stereocenters. The summed E-state index contributed by atoms with van der Waals surface area (Å²) in [5.74, 6) is 0. The predicted octanol–water partition coefficient (Wildman–Crippen LogP) is 12.1. The summed E-state index contributed by atoms with van der Waals surface area (Å²) in [5.41, 5.74) is -5.30. The van der Waals surface area contributed by atoms with Crippen LogP contribution in [0.4, 0.5) is 0 Å². The molecule has 0 saturated heterocycles. The minimum atomic E-state index is -1.93. The molecule has 0 bridgehead atoms. The van der Waals surface area contributed by atoms with Gasteiger partial charge in [-0.1, -0.05) is 133 Å². The molecule has 0 amide bonds. The molecule has 1 heteroatoms. The smallest absolute Gasteiger partial charge is 0.136 e. The van der Waals surface area contributed by atoms with Crippen LogP contribution in [0.3, 0.4) is 0 Å². The number of rotatable bonds is 3. The van der Waals surface area contributed by atoms with Crippen molar-refractivity contribution in [3.05, 3.63) is 151 Å². The second-order valence-electron chi connectivity index (χ2n) is 9.40. The molecule has 1 heterocycles. The van der Waals surface area contributed by atoms with E-state index >= 15 is 0 Å². The molecule has 0 aliphatic heterocycles. The van der Waals surface area contributed by atoms with Crippen molar-refractivity contribution in [1.29, 1.82) is 0 Å². The van der Waals surface area contributed by atoms with Crippen LogP contribution < -0.4 is 0 Å². The first-order valence-corrected chi connectivity index (χ1v) is 12.8. The largest absolute Gasteiger partial charge is 0.456 e. The first kappa shape index (κ1) is 9.82. The van der Waals surface area contributed by atoms with Crippen LogP contribution in [0.5, 0.6) is 0 Å². The molecule has 2 unspecified atom stereocenters. The highest BCUT2D eigenvalue weighted by atomic mass is 16.3. The Kier molecular flexibility index (Phi) is 2.19. The molecule has 1 nitrogen and oxygen atoms in total. The van der Waals surface area contributed by atoms with Crippen molar-refractivity contribution < 1.29 is 40.1 Å². The Hall–Kier alpha value is -5.40. The van der Waals surface area contributed by atoms with Crippen LogP contribution in [0.1, 0.15) is 54.0 Å². The first-order chi connectivity index (χ1) is 32.2. The molecule has 0 fully saturated rings. The van der Waals surface area contributed by atoms with Gasteiger partial charge in [-0.3, -0.25) is 0 Å². The number of hydrogen-bond donors (Lipinski definition) is 0. The summed E-state index contributed by atoms with van der Waals surface area (Å²) in [5, 5.41) is -5.25. The van der Waals surface area contributed by atoms with Gasteiger partial charge in [0, 0.05) is 13.5 Å². The van der Waals surface area contributed by atoms with Crippen LogP contribution in [-0.4, -0.2) is 0 Å². The topological polar surface area (TPSA) is 13.1 Å². The van der Waals surface area contributed by atoms with Gasteiger partial charge in [-0.05, 0) is 90.6 Å². The quantitative estimate of drug-likeness (QED) is 0.191. The van der Waals surface area contributed by atoms with Gasteiger partial charge in [-0.2, -0.15) is 0 Å². The van der Waals surface area contributed by atoms with Crippen molar-refractivity contribution in [3.8, 4) is 22.3 Å². The highest BCUT2D eigenvalue weighted by Crippen LogP contribution is 2.48. The van der Waals surface area contributed by atoms with E-state index in [0.717, 1.165) is 0 Å². The second kappa shape index (κ2) is 9.58. The normalized spacial score (nSPS) is 26.0. The second-order valence-corrected chi connectivity index (χ2v) is 9.40. The highest BCUT2D eigenvalue weighted by molar-refractivity contribution is 6.27. The maximum absolute atomic E-state index is 9.72. The third kappa shape index (κ3) is 3.65. The third-order valence-electron chi connectivity index (χ3n) is 7.19. The van der Waals surface area contributed by atoms with Crippen LogP contribution >= 0.6 is 0 Å². The first-order valence-electron chi connectivity index (χ1n) is 26.0. The molecular formula is C42H28O. The van der Waals surface area contributed by atoms with Crippen LogP contribution in [-0.2, 0) is 0 Å². The average molecular weight is 575 g/mol. The molecule has 1 aromatic heterocycles. The minimum Gasteiger partial charge on any atom is -0.456 e. The average Bonchev–Trinajstić information content (AvgIpc) is 3.73. The maximum atomic E-state index is 9.72. The van der Waals surface area contributed by atoms with Gasteiger partial charge in [0.25, 0.3) is 0 Å². The number of benzene rings is 7. The van der Waals surface area contributed by atoms with Crippen LogP contribution in [0.15, 0.2) is 149 Å². The summed E-state index contributed by atoms with van der Waals surface area (Å²) < 4.78 is 239. The van der Waals surface area contributed by atoms with Crippen molar-refractivity contribution in [1.82, 2.24) is 0 Å². The summed E-state index contributed by atoms with van der Waals surface area (Å²) in [7, 11) is 0.